The molecule has 394 valence electrons. The van der Waals surface area contributed by atoms with E-state index >= 15 is 0 Å². The molecule has 0 aromatic carbocycles. The predicted molar refractivity (Wildman–Crippen MR) is 297 cm³/mol. The SMILES string of the molecule is CC/C=C\C/C=C\C/C=C\C/C=C\C/C=C\C/C=C\C/C=C\C/C=C\C/C=C\CCCC(=O)NC(COP(=O)([O-])OCC[N+](C)(C)C)C(O)/C=C/CCCCCCCCCCCCCCCCCC. The van der Waals surface area contributed by atoms with Crippen LogP contribution in [0, 0.1) is 0 Å². The summed E-state index contributed by atoms with van der Waals surface area (Å²) in [7, 11) is 1.21. The van der Waals surface area contributed by atoms with Gasteiger partial charge in [-0.05, 0) is 83.5 Å². The molecule has 0 bridgehead atoms. The Kier molecular flexibility index (Phi) is 47.6. The van der Waals surface area contributed by atoms with Crippen molar-refractivity contribution >= 4 is 13.7 Å². The van der Waals surface area contributed by atoms with Crippen molar-refractivity contribution in [1.29, 1.82) is 0 Å². The van der Waals surface area contributed by atoms with E-state index in [0.29, 0.717) is 17.4 Å². The number of hydrogen-bond acceptors (Lipinski definition) is 6. The molecule has 0 aromatic heterocycles. The van der Waals surface area contributed by atoms with E-state index in [2.05, 4.69) is 129 Å². The van der Waals surface area contributed by atoms with Gasteiger partial charge in [-0.3, -0.25) is 9.36 Å². The molecule has 3 unspecified atom stereocenters. The first-order valence-corrected chi connectivity index (χ1v) is 28.9. The minimum absolute atomic E-state index is 0.0187. The maximum Gasteiger partial charge on any atom is 0.268 e. The molecule has 0 aromatic rings. The normalized spacial score (nSPS) is 14.9. The van der Waals surface area contributed by atoms with Crippen LogP contribution >= 0.6 is 7.82 Å². The highest BCUT2D eigenvalue weighted by Crippen LogP contribution is 2.38. The minimum atomic E-state index is -4.62. The Bertz CT molecular complexity index is 1530. The molecule has 0 aliphatic rings. The summed E-state index contributed by atoms with van der Waals surface area (Å²) in [6.45, 7) is 4.48. The Hall–Kier alpha value is -3.10. The van der Waals surface area contributed by atoms with Crippen LogP contribution in [-0.2, 0) is 18.4 Å². The lowest BCUT2D eigenvalue weighted by atomic mass is 10.0. The van der Waals surface area contributed by atoms with Crippen LogP contribution in [0.5, 0.6) is 0 Å². The van der Waals surface area contributed by atoms with Crippen molar-refractivity contribution in [2.75, 3.05) is 40.9 Å². The van der Waals surface area contributed by atoms with Crippen LogP contribution in [0.3, 0.4) is 0 Å². The number of rotatable bonds is 48. The van der Waals surface area contributed by atoms with Crippen LogP contribution in [0.2, 0.25) is 0 Å². The lowest BCUT2D eigenvalue weighted by Gasteiger charge is -2.29. The number of aliphatic hydroxyl groups is 1. The largest absolute Gasteiger partial charge is 0.756 e. The number of carbonyl (C=O) groups is 1. The van der Waals surface area contributed by atoms with Crippen molar-refractivity contribution in [3.63, 3.8) is 0 Å². The van der Waals surface area contributed by atoms with Crippen LogP contribution < -0.4 is 10.2 Å². The monoisotopic (exact) mass is 979 g/mol. The highest BCUT2D eigenvalue weighted by atomic mass is 31.2. The van der Waals surface area contributed by atoms with Gasteiger partial charge in [0.25, 0.3) is 7.82 Å². The third-order valence-electron chi connectivity index (χ3n) is 11.4. The van der Waals surface area contributed by atoms with Crippen molar-refractivity contribution in [2.45, 2.75) is 212 Å². The number of amides is 1. The summed E-state index contributed by atoms with van der Waals surface area (Å²) in [5.74, 6) is -0.260. The summed E-state index contributed by atoms with van der Waals surface area (Å²) < 4.78 is 23.3. The van der Waals surface area contributed by atoms with Gasteiger partial charge in [-0.1, -0.05) is 232 Å². The quantitative estimate of drug-likeness (QED) is 0.0272. The predicted octanol–water partition coefficient (Wildman–Crippen LogP) is 16.0. The van der Waals surface area contributed by atoms with Gasteiger partial charge in [0.15, 0.2) is 0 Å². The smallest absolute Gasteiger partial charge is 0.268 e. The van der Waals surface area contributed by atoms with E-state index in [4.69, 9.17) is 9.05 Å². The summed E-state index contributed by atoms with van der Waals surface area (Å²) in [6, 6.07) is -0.927. The molecule has 8 nitrogen and oxygen atoms in total. The van der Waals surface area contributed by atoms with E-state index in [0.717, 1.165) is 83.5 Å². The number of hydrogen-bond donors (Lipinski definition) is 2. The van der Waals surface area contributed by atoms with E-state index in [9.17, 15) is 19.4 Å². The molecule has 69 heavy (non-hydrogen) atoms. The van der Waals surface area contributed by atoms with E-state index in [-0.39, 0.29) is 18.9 Å². The van der Waals surface area contributed by atoms with Crippen molar-refractivity contribution < 1.29 is 32.9 Å². The van der Waals surface area contributed by atoms with Gasteiger partial charge in [0, 0.05) is 6.42 Å². The third kappa shape index (κ3) is 52.6. The molecule has 0 saturated heterocycles. The lowest BCUT2D eigenvalue weighted by molar-refractivity contribution is -0.870. The second-order valence-electron chi connectivity index (χ2n) is 19.2. The number of nitrogens with one attached hydrogen (secondary N) is 1. The van der Waals surface area contributed by atoms with Crippen molar-refractivity contribution in [3.8, 4) is 0 Å². The molecule has 0 aliphatic carbocycles. The number of aliphatic hydroxyl groups excluding tert-OH is 1. The van der Waals surface area contributed by atoms with Gasteiger partial charge in [-0.25, -0.2) is 0 Å². The van der Waals surface area contributed by atoms with Crippen molar-refractivity contribution in [2.24, 2.45) is 0 Å². The first kappa shape index (κ1) is 65.9. The highest BCUT2D eigenvalue weighted by Gasteiger charge is 2.23. The molecule has 0 fully saturated rings. The van der Waals surface area contributed by atoms with Crippen LogP contribution in [-0.4, -0.2) is 68.5 Å². The highest BCUT2D eigenvalue weighted by molar-refractivity contribution is 7.45. The maximum atomic E-state index is 12.9. The van der Waals surface area contributed by atoms with Crippen molar-refractivity contribution in [1.82, 2.24) is 5.32 Å². The number of phosphoric ester groups is 1. The molecule has 3 atom stereocenters. The molecule has 0 spiro atoms. The van der Waals surface area contributed by atoms with Crippen LogP contribution in [0.4, 0.5) is 0 Å². The summed E-state index contributed by atoms with van der Waals surface area (Å²) in [6.07, 6.45) is 74.1. The fraction of sp³-hybridized carbons (Fsp3) is 0.650. The molecule has 0 heterocycles. The fourth-order valence-electron chi connectivity index (χ4n) is 7.15. The standard InChI is InChI=1S/C60H103N2O6P/c1-6-8-10-12-14-16-18-20-22-24-26-27-28-29-30-31-32-33-34-35-36-38-40-42-44-46-48-50-52-54-60(64)61-58(57-68-69(65,66)67-56-55-62(3,4)5)59(63)53-51-49-47-45-43-41-39-37-25-23-21-19-17-15-13-11-9-7-2/h8,10,14,16,20,22,26-27,29-30,32-33,35-36,40,42,46,48,51,53,58-59,63H,6-7,9,11-13,15,17-19,21,23-25,28,31,34,37-39,41,43-45,47,49-50,52,54-57H2,1-5H3,(H-,61,64,65,66)/b10-8-,16-14-,22-20-,27-26-,30-29-,33-32-,36-35-,42-40-,48-46-,53-51+. The number of phosphoric acid groups is 1. The summed E-state index contributed by atoms with van der Waals surface area (Å²) in [4.78, 5) is 25.4. The molecular weight excluding hydrogens is 876 g/mol. The zero-order valence-electron chi connectivity index (χ0n) is 44.7. The topological polar surface area (TPSA) is 108 Å². The molecule has 9 heteroatoms. The average Bonchev–Trinajstić information content (AvgIpc) is 3.31. The van der Waals surface area contributed by atoms with Gasteiger partial charge in [0.05, 0.1) is 39.9 Å². The summed E-state index contributed by atoms with van der Waals surface area (Å²) in [5.41, 5.74) is 0. The Balaban J connectivity index is 4.42. The lowest BCUT2D eigenvalue weighted by Crippen LogP contribution is -2.45. The number of likely N-dealkylation sites (N-methyl/N-ethyl adjacent to an activating group) is 1. The van der Waals surface area contributed by atoms with E-state index in [1.807, 2.05) is 27.2 Å². The molecular formula is C60H103N2O6P. The second kappa shape index (κ2) is 49.9. The van der Waals surface area contributed by atoms with Gasteiger partial charge in [0.2, 0.25) is 5.91 Å². The molecule has 2 N–H and O–H groups in total. The number of allylic oxidation sites excluding steroid dienone is 19. The van der Waals surface area contributed by atoms with Crippen LogP contribution in [0.25, 0.3) is 0 Å². The van der Waals surface area contributed by atoms with E-state index < -0.39 is 26.6 Å². The summed E-state index contributed by atoms with van der Waals surface area (Å²) in [5, 5.41) is 13.8. The first-order chi connectivity index (χ1) is 33.5. The van der Waals surface area contributed by atoms with Crippen molar-refractivity contribution in [3.05, 3.63) is 122 Å². The Morgan fingerprint density at radius 2 is 0.884 bits per heavy atom. The molecule has 1 amide bonds. The molecule has 0 aliphatic heterocycles. The molecule has 0 saturated carbocycles. The van der Waals surface area contributed by atoms with Gasteiger partial charge >= 0.3 is 0 Å². The minimum Gasteiger partial charge on any atom is -0.756 e. The van der Waals surface area contributed by atoms with E-state index in [1.54, 1.807) is 6.08 Å². The Morgan fingerprint density at radius 3 is 1.28 bits per heavy atom. The Morgan fingerprint density at radius 1 is 0.522 bits per heavy atom. The second-order valence-corrected chi connectivity index (χ2v) is 20.6. The molecule has 0 radical (unpaired) electrons. The zero-order chi connectivity index (χ0) is 50.6. The van der Waals surface area contributed by atoms with Gasteiger partial charge in [-0.2, -0.15) is 0 Å². The average molecular weight is 979 g/mol. The van der Waals surface area contributed by atoms with Gasteiger partial charge < -0.3 is 28.8 Å². The van der Waals surface area contributed by atoms with Crippen LogP contribution in [0.15, 0.2) is 122 Å². The van der Waals surface area contributed by atoms with Gasteiger partial charge in [-0.15, -0.1) is 0 Å². The van der Waals surface area contributed by atoms with Crippen LogP contribution in [0.1, 0.15) is 200 Å². The zero-order valence-corrected chi connectivity index (χ0v) is 45.6. The Labute approximate surface area is 424 Å². The third-order valence-corrected chi connectivity index (χ3v) is 12.4. The maximum absolute atomic E-state index is 12.9. The number of unbranched alkanes of at least 4 members (excludes halogenated alkanes) is 17. The number of quaternary nitrogens is 1. The molecule has 0 rings (SSSR count). The number of nitrogens with zero attached hydrogens (tertiary/aromatic N) is 1. The number of carbonyl (C=O) groups excluding carboxylic acids is 1. The summed E-state index contributed by atoms with van der Waals surface area (Å²) >= 11 is 0. The van der Waals surface area contributed by atoms with E-state index in [1.165, 1.54) is 89.9 Å². The fourth-order valence-corrected chi connectivity index (χ4v) is 7.88. The first-order valence-electron chi connectivity index (χ1n) is 27.4. The van der Waals surface area contributed by atoms with Gasteiger partial charge in [0.1, 0.15) is 13.2 Å².